The zero-order valence-corrected chi connectivity index (χ0v) is 23.2. The van der Waals surface area contributed by atoms with Gasteiger partial charge in [-0.1, -0.05) is 12.1 Å². The van der Waals surface area contributed by atoms with Gasteiger partial charge in [0.25, 0.3) is 0 Å². The molecule has 1 aromatic carbocycles. The van der Waals surface area contributed by atoms with Crippen molar-refractivity contribution >= 4 is 23.5 Å². The highest BCUT2D eigenvalue weighted by atomic mass is 16.6. The Morgan fingerprint density at radius 2 is 1.88 bits per heavy atom. The van der Waals surface area contributed by atoms with Crippen molar-refractivity contribution in [1.82, 2.24) is 25.1 Å². The predicted octanol–water partition coefficient (Wildman–Crippen LogP) is 3.87. The first-order valence-corrected chi connectivity index (χ1v) is 14.0. The van der Waals surface area contributed by atoms with Crippen molar-refractivity contribution in [3.05, 3.63) is 48.3 Å². The summed E-state index contributed by atoms with van der Waals surface area (Å²) in [7, 11) is 0. The van der Waals surface area contributed by atoms with Crippen LogP contribution in [0.3, 0.4) is 0 Å². The highest BCUT2D eigenvalue weighted by Crippen LogP contribution is 2.36. The molecule has 2 N–H and O–H groups in total. The lowest BCUT2D eigenvalue weighted by atomic mass is 9.93. The summed E-state index contributed by atoms with van der Waals surface area (Å²) in [6, 6.07) is 11.4. The zero-order chi connectivity index (χ0) is 27.9. The smallest absolute Gasteiger partial charge is 0.410 e. The van der Waals surface area contributed by atoms with Gasteiger partial charge >= 0.3 is 6.09 Å². The number of nitrogens with zero attached hydrogens (tertiary/aromatic N) is 7. The number of nitrogens with one attached hydrogen (secondary N) is 1. The first kappa shape index (κ1) is 26.1. The number of piperidine rings is 1. The van der Waals surface area contributed by atoms with E-state index in [1.807, 2.05) is 51.2 Å². The van der Waals surface area contributed by atoms with Gasteiger partial charge in [0.2, 0.25) is 5.95 Å². The minimum absolute atomic E-state index is 0.189. The average Bonchev–Trinajstić information content (AvgIpc) is 2.96. The van der Waals surface area contributed by atoms with Gasteiger partial charge in [-0.2, -0.15) is 0 Å². The van der Waals surface area contributed by atoms with Crippen molar-refractivity contribution in [2.24, 2.45) is 0 Å². The summed E-state index contributed by atoms with van der Waals surface area (Å²) >= 11 is 0. The third kappa shape index (κ3) is 5.32. The fourth-order valence-electron chi connectivity index (χ4n) is 5.72. The number of fused-ring (bicyclic) bond motifs is 3. The van der Waals surface area contributed by atoms with E-state index in [0.29, 0.717) is 24.3 Å². The molecule has 0 aliphatic carbocycles. The van der Waals surface area contributed by atoms with Crippen molar-refractivity contribution in [3.63, 3.8) is 0 Å². The number of phenols is 1. The van der Waals surface area contributed by atoms with Crippen LogP contribution in [0.4, 0.5) is 22.2 Å². The molecule has 3 aliphatic rings. The van der Waals surface area contributed by atoms with Gasteiger partial charge in [-0.15, -0.1) is 10.2 Å². The molecule has 2 fully saturated rings. The molecule has 0 radical (unpaired) electrons. The fourth-order valence-corrected chi connectivity index (χ4v) is 5.72. The van der Waals surface area contributed by atoms with E-state index in [1.165, 1.54) is 0 Å². The van der Waals surface area contributed by atoms with Crippen molar-refractivity contribution in [1.29, 1.82) is 0 Å². The largest absolute Gasteiger partial charge is 0.507 e. The molecule has 2 saturated heterocycles. The number of rotatable bonds is 3. The molecule has 11 heteroatoms. The molecule has 40 heavy (non-hydrogen) atoms. The number of benzene rings is 1. The Kier molecular flexibility index (Phi) is 6.81. The standard InChI is InChI=1S/C29H36N8O3/c1-29(2,3)40-28(39)35-12-9-19(10-13-35)22-8-11-30-27(32-22)36-14-15-37-20(18-36)17-31-26-24(37)16-23(33-34-26)21-6-4-5-7-25(21)38/h4-8,11,16,19-20,38H,9-10,12-15,17-18H2,1-3H3,(H,31,34)/t20-/m1/s1. The van der Waals surface area contributed by atoms with E-state index in [2.05, 4.69) is 30.3 Å². The number of anilines is 3. The maximum absolute atomic E-state index is 12.5. The molecular weight excluding hydrogens is 508 g/mol. The molecule has 1 amide bonds. The Hall–Kier alpha value is -4.15. The maximum Gasteiger partial charge on any atom is 0.410 e. The molecule has 0 unspecified atom stereocenters. The van der Waals surface area contributed by atoms with E-state index in [0.717, 1.165) is 62.2 Å². The van der Waals surface area contributed by atoms with Crippen LogP contribution >= 0.6 is 0 Å². The first-order chi connectivity index (χ1) is 19.2. The Morgan fingerprint density at radius 3 is 2.65 bits per heavy atom. The van der Waals surface area contributed by atoms with Crippen LogP contribution in [0.2, 0.25) is 0 Å². The number of carbonyl (C=O) groups is 1. The van der Waals surface area contributed by atoms with Gasteiger partial charge in [-0.25, -0.2) is 14.8 Å². The predicted molar refractivity (Wildman–Crippen MR) is 153 cm³/mol. The van der Waals surface area contributed by atoms with Gasteiger partial charge in [0.15, 0.2) is 5.82 Å². The Balaban J connectivity index is 1.12. The second-order valence-corrected chi connectivity index (χ2v) is 11.7. The second kappa shape index (κ2) is 10.4. The summed E-state index contributed by atoms with van der Waals surface area (Å²) in [5.41, 5.74) is 2.86. The molecule has 3 aliphatic heterocycles. The summed E-state index contributed by atoms with van der Waals surface area (Å²) in [6.07, 6.45) is 3.32. The molecule has 0 saturated carbocycles. The van der Waals surface area contributed by atoms with E-state index in [9.17, 15) is 9.90 Å². The fraction of sp³-hybridized carbons (Fsp3) is 0.483. The number of piperazine rings is 1. The van der Waals surface area contributed by atoms with Gasteiger partial charge < -0.3 is 29.9 Å². The summed E-state index contributed by atoms with van der Waals surface area (Å²) in [5.74, 6) is 1.99. The second-order valence-electron chi connectivity index (χ2n) is 11.7. The maximum atomic E-state index is 12.5. The van der Waals surface area contributed by atoms with Crippen LogP contribution in [0.15, 0.2) is 42.6 Å². The van der Waals surface area contributed by atoms with Gasteiger partial charge in [-0.05, 0) is 57.9 Å². The van der Waals surface area contributed by atoms with Crippen LogP contribution in [-0.2, 0) is 4.74 Å². The SMILES string of the molecule is CC(C)(C)OC(=O)N1CCC(c2ccnc(N3CCN4c5cc(-c6ccccc6O)nnc5NC[C@@H]4C3)n2)CC1. The topological polar surface area (TPSA) is 120 Å². The van der Waals surface area contributed by atoms with Gasteiger partial charge in [0, 0.05) is 62.6 Å². The first-order valence-electron chi connectivity index (χ1n) is 14.0. The normalized spacial score (nSPS) is 19.5. The quantitative estimate of drug-likeness (QED) is 0.503. The Morgan fingerprint density at radius 1 is 1.07 bits per heavy atom. The zero-order valence-electron chi connectivity index (χ0n) is 23.2. The molecule has 5 heterocycles. The van der Waals surface area contributed by atoms with Gasteiger partial charge in [0.05, 0.1) is 17.4 Å². The molecule has 3 aromatic rings. The number of hydrogen-bond acceptors (Lipinski definition) is 10. The van der Waals surface area contributed by atoms with E-state index in [1.54, 1.807) is 17.0 Å². The van der Waals surface area contributed by atoms with Gasteiger partial charge in [-0.3, -0.25) is 0 Å². The number of carbonyl (C=O) groups excluding carboxylic acids is 1. The van der Waals surface area contributed by atoms with Crippen LogP contribution in [0.1, 0.15) is 45.2 Å². The number of likely N-dealkylation sites (tertiary alicyclic amines) is 1. The Labute approximate surface area is 234 Å². The molecule has 2 aromatic heterocycles. The molecule has 0 bridgehead atoms. The van der Waals surface area contributed by atoms with Crippen LogP contribution in [0, 0.1) is 0 Å². The molecular formula is C29H36N8O3. The van der Waals surface area contributed by atoms with Gasteiger partial charge in [0.1, 0.15) is 11.4 Å². The number of phenolic OH excluding ortho intramolecular Hbond substituents is 1. The summed E-state index contributed by atoms with van der Waals surface area (Å²) in [5, 5.41) is 22.5. The number of aromatic hydroxyl groups is 1. The number of hydrogen-bond donors (Lipinski definition) is 2. The molecule has 1 atom stereocenters. The highest BCUT2D eigenvalue weighted by molar-refractivity contribution is 5.76. The third-order valence-electron chi connectivity index (χ3n) is 7.76. The third-order valence-corrected chi connectivity index (χ3v) is 7.76. The van der Waals surface area contributed by atoms with Crippen molar-refractivity contribution in [2.45, 2.75) is 51.2 Å². The minimum Gasteiger partial charge on any atom is -0.507 e. The number of amides is 1. The lowest BCUT2D eigenvalue weighted by molar-refractivity contribution is 0.0204. The van der Waals surface area contributed by atoms with E-state index in [4.69, 9.17) is 9.72 Å². The van der Waals surface area contributed by atoms with E-state index >= 15 is 0 Å². The summed E-state index contributed by atoms with van der Waals surface area (Å²) in [6.45, 7) is 10.1. The number of aromatic nitrogens is 4. The van der Waals surface area contributed by atoms with Crippen molar-refractivity contribution in [2.75, 3.05) is 54.4 Å². The van der Waals surface area contributed by atoms with Crippen LogP contribution < -0.4 is 15.1 Å². The van der Waals surface area contributed by atoms with E-state index < -0.39 is 5.60 Å². The summed E-state index contributed by atoms with van der Waals surface area (Å²) < 4.78 is 5.54. The minimum atomic E-state index is -0.490. The van der Waals surface area contributed by atoms with Crippen molar-refractivity contribution < 1.29 is 14.6 Å². The highest BCUT2D eigenvalue weighted by Gasteiger charge is 2.34. The Bertz CT molecular complexity index is 1390. The lowest BCUT2D eigenvalue weighted by Gasteiger charge is -2.45. The monoisotopic (exact) mass is 544 g/mol. The molecule has 11 nitrogen and oxygen atoms in total. The van der Waals surface area contributed by atoms with Crippen LogP contribution in [0.5, 0.6) is 5.75 Å². The molecule has 210 valence electrons. The van der Waals surface area contributed by atoms with Crippen LogP contribution in [0.25, 0.3) is 11.3 Å². The molecule has 0 spiro atoms. The van der Waals surface area contributed by atoms with E-state index in [-0.39, 0.29) is 23.8 Å². The lowest BCUT2D eigenvalue weighted by Crippen LogP contribution is -2.58. The van der Waals surface area contributed by atoms with Crippen LogP contribution in [-0.4, -0.2) is 87.2 Å². The van der Waals surface area contributed by atoms with Crippen molar-refractivity contribution in [3.8, 4) is 17.0 Å². The average molecular weight is 545 g/mol. The molecule has 6 rings (SSSR count). The number of para-hydroxylation sites is 1. The number of ether oxygens (including phenoxy) is 1. The summed E-state index contributed by atoms with van der Waals surface area (Å²) in [4.78, 5) is 28.5.